The van der Waals surface area contributed by atoms with Gasteiger partial charge in [0.25, 0.3) is 0 Å². The van der Waals surface area contributed by atoms with Crippen LogP contribution in [-0.4, -0.2) is 50.1 Å². The number of aromatic amines is 3. The monoisotopic (exact) mass is 732 g/mol. The first kappa shape index (κ1) is 27.8. The summed E-state index contributed by atoms with van der Waals surface area (Å²) in [6.45, 7) is 0. The molecule has 0 aliphatic carbocycles. The third-order valence-electron chi connectivity index (χ3n) is 6.33. The Kier molecular flexibility index (Phi) is 7.33. The molecule has 0 saturated heterocycles. The molecule has 0 aliphatic rings. The third-order valence-corrected chi connectivity index (χ3v) is 7.47. The van der Waals surface area contributed by atoms with E-state index < -0.39 is 0 Å². The van der Waals surface area contributed by atoms with Gasteiger partial charge in [-0.15, -0.1) is 0 Å². The highest BCUT2D eigenvalue weighted by Gasteiger charge is 2.18. The standard InChI is InChI=1S/C14H7BrClN5O.C14H8BrN5O2/c15-11-2-1-10(22-11)12-7(9-3-4-17-6-18-9)5-8-13(16)20-21-14(8)19-12;15-11-2-1-10(22-11)12-7(8-3-4-16-6-17-8)5-9-13(19-12)20-14(21)18-9/h1-6H,(H,19,20,21);1-6H,(H2,18,19,20,21). The number of pyridine rings is 2. The van der Waals surface area contributed by atoms with Gasteiger partial charge in [-0.25, -0.2) is 34.7 Å². The predicted molar refractivity (Wildman–Crippen MR) is 168 cm³/mol. The minimum Gasteiger partial charge on any atom is -0.448 e. The molecular weight excluding hydrogens is 720 g/mol. The van der Waals surface area contributed by atoms with Crippen molar-refractivity contribution in [3.05, 3.63) is 98.6 Å². The Labute approximate surface area is 267 Å². The molecule has 0 saturated carbocycles. The van der Waals surface area contributed by atoms with Crippen LogP contribution < -0.4 is 5.69 Å². The summed E-state index contributed by atoms with van der Waals surface area (Å²) in [6.07, 6.45) is 6.26. The van der Waals surface area contributed by atoms with Gasteiger partial charge in [-0.05, 0) is 80.4 Å². The first-order valence-corrected chi connectivity index (χ1v) is 14.6. The number of nitrogens with zero attached hydrogens (tertiary/aromatic N) is 7. The number of H-pyrrole nitrogens is 3. The molecule has 0 radical (unpaired) electrons. The summed E-state index contributed by atoms with van der Waals surface area (Å²) in [4.78, 5) is 42.3. The van der Waals surface area contributed by atoms with Crippen molar-refractivity contribution in [3.8, 4) is 45.4 Å². The minimum atomic E-state index is -0.311. The van der Waals surface area contributed by atoms with Gasteiger partial charge in [0.05, 0.1) is 22.3 Å². The Morgan fingerprint density at radius 2 is 1.36 bits per heavy atom. The lowest BCUT2D eigenvalue weighted by molar-refractivity contribution is 0.554. The molecule has 44 heavy (non-hydrogen) atoms. The Balaban J connectivity index is 0.000000142. The lowest BCUT2D eigenvalue weighted by Crippen LogP contribution is -1.99. The van der Waals surface area contributed by atoms with Gasteiger partial charge in [-0.1, -0.05) is 11.6 Å². The Hall–Kier alpha value is -4.99. The molecule has 0 bridgehead atoms. The van der Waals surface area contributed by atoms with Crippen LogP contribution in [0.5, 0.6) is 0 Å². The van der Waals surface area contributed by atoms with E-state index in [0.717, 1.165) is 22.2 Å². The number of furan rings is 2. The van der Waals surface area contributed by atoms with Crippen molar-refractivity contribution < 1.29 is 8.83 Å². The maximum absolute atomic E-state index is 11.5. The van der Waals surface area contributed by atoms with Crippen molar-refractivity contribution in [1.29, 1.82) is 0 Å². The van der Waals surface area contributed by atoms with Gasteiger partial charge in [0.1, 0.15) is 29.2 Å². The summed E-state index contributed by atoms with van der Waals surface area (Å²) in [6, 6.07) is 14.5. The van der Waals surface area contributed by atoms with E-state index in [4.69, 9.17) is 20.4 Å². The van der Waals surface area contributed by atoms with Crippen LogP contribution in [0.1, 0.15) is 0 Å². The van der Waals surface area contributed by atoms with Gasteiger partial charge in [-0.2, -0.15) is 5.10 Å². The average Bonchev–Trinajstić information content (AvgIpc) is 3.84. The van der Waals surface area contributed by atoms with E-state index in [0.29, 0.717) is 59.9 Å². The molecule has 0 spiro atoms. The highest BCUT2D eigenvalue weighted by molar-refractivity contribution is 9.10. The van der Waals surface area contributed by atoms with Gasteiger partial charge in [-0.3, -0.25) is 10.1 Å². The molecule has 0 amide bonds. The van der Waals surface area contributed by atoms with E-state index in [2.05, 4.69) is 81.9 Å². The van der Waals surface area contributed by atoms with Crippen LogP contribution in [0.25, 0.3) is 67.6 Å². The van der Waals surface area contributed by atoms with Crippen molar-refractivity contribution in [2.24, 2.45) is 0 Å². The highest BCUT2D eigenvalue weighted by Crippen LogP contribution is 2.36. The van der Waals surface area contributed by atoms with Crippen molar-refractivity contribution in [3.63, 3.8) is 0 Å². The third kappa shape index (κ3) is 5.43. The van der Waals surface area contributed by atoms with Crippen molar-refractivity contribution >= 4 is 65.7 Å². The number of hydrogen-bond acceptors (Lipinski definition) is 10. The Bertz CT molecular complexity index is 2310. The molecule has 0 unspecified atom stereocenters. The molecule has 0 atom stereocenters. The molecule has 8 rings (SSSR count). The van der Waals surface area contributed by atoms with Gasteiger partial charge in [0.2, 0.25) is 0 Å². The molecule has 8 aromatic rings. The molecule has 216 valence electrons. The van der Waals surface area contributed by atoms with E-state index in [1.54, 1.807) is 36.7 Å². The molecule has 16 heteroatoms. The molecule has 3 N–H and O–H groups in total. The van der Waals surface area contributed by atoms with Crippen LogP contribution in [0.4, 0.5) is 0 Å². The number of aromatic nitrogens is 10. The van der Waals surface area contributed by atoms with Crippen LogP contribution in [0.15, 0.2) is 96.5 Å². The summed E-state index contributed by atoms with van der Waals surface area (Å²) in [5.74, 6) is 1.19. The van der Waals surface area contributed by atoms with E-state index >= 15 is 0 Å². The van der Waals surface area contributed by atoms with Crippen molar-refractivity contribution in [2.75, 3.05) is 0 Å². The van der Waals surface area contributed by atoms with E-state index in [1.807, 2.05) is 24.3 Å². The Morgan fingerprint density at radius 3 is 1.93 bits per heavy atom. The first-order valence-electron chi connectivity index (χ1n) is 12.6. The summed E-state index contributed by atoms with van der Waals surface area (Å²) < 4.78 is 12.4. The second-order valence-electron chi connectivity index (χ2n) is 9.05. The summed E-state index contributed by atoms with van der Waals surface area (Å²) in [5, 5.41) is 7.97. The largest absolute Gasteiger partial charge is 0.448 e. The number of fused-ring (bicyclic) bond motifs is 2. The average molecular weight is 735 g/mol. The lowest BCUT2D eigenvalue weighted by Gasteiger charge is -2.06. The summed E-state index contributed by atoms with van der Waals surface area (Å²) >= 11 is 12.7. The zero-order chi connectivity index (χ0) is 30.2. The van der Waals surface area contributed by atoms with Crippen molar-refractivity contribution in [2.45, 2.75) is 0 Å². The Morgan fingerprint density at radius 1 is 0.750 bits per heavy atom. The summed E-state index contributed by atoms with van der Waals surface area (Å²) in [7, 11) is 0. The molecule has 8 heterocycles. The fourth-order valence-electron chi connectivity index (χ4n) is 4.43. The molecule has 13 nitrogen and oxygen atoms in total. The van der Waals surface area contributed by atoms with Gasteiger partial charge in [0.15, 0.2) is 32.2 Å². The zero-order valence-corrected chi connectivity index (χ0v) is 25.8. The molecule has 8 aromatic heterocycles. The fourth-order valence-corrected chi connectivity index (χ4v) is 5.22. The van der Waals surface area contributed by atoms with Gasteiger partial charge in [0, 0.05) is 23.5 Å². The quantitative estimate of drug-likeness (QED) is 0.174. The number of halogens is 3. The van der Waals surface area contributed by atoms with Gasteiger partial charge < -0.3 is 13.8 Å². The number of hydrogen-bond donors (Lipinski definition) is 3. The van der Waals surface area contributed by atoms with Crippen LogP contribution in [0, 0.1) is 0 Å². The molecular formula is C28H15Br2ClN10O3. The second kappa shape index (κ2) is 11.6. The lowest BCUT2D eigenvalue weighted by atomic mass is 10.1. The molecule has 0 aromatic carbocycles. The topological polar surface area (TPSA) is 181 Å². The zero-order valence-electron chi connectivity index (χ0n) is 21.9. The van der Waals surface area contributed by atoms with E-state index in [-0.39, 0.29) is 5.69 Å². The maximum Gasteiger partial charge on any atom is 0.325 e. The first-order chi connectivity index (χ1) is 21.4. The number of rotatable bonds is 4. The normalized spacial score (nSPS) is 11.2. The number of nitrogens with one attached hydrogen (secondary N) is 3. The maximum atomic E-state index is 11.5. The van der Waals surface area contributed by atoms with E-state index in [1.165, 1.54) is 12.7 Å². The van der Waals surface area contributed by atoms with Crippen LogP contribution in [-0.2, 0) is 0 Å². The van der Waals surface area contributed by atoms with E-state index in [9.17, 15) is 4.79 Å². The number of imidazole rings is 1. The SMILES string of the molecule is Clc1[nH]nc2nc(-c3ccc(Br)o3)c(-c3ccncn3)cc12.O=c1[nH]c2cc(-c3ccncn3)c(-c3ccc(Br)o3)nc2[nH]1. The highest BCUT2D eigenvalue weighted by atomic mass is 79.9. The smallest absolute Gasteiger partial charge is 0.325 e. The van der Waals surface area contributed by atoms with Crippen molar-refractivity contribution in [1.82, 2.24) is 50.1 Å². The molecule has 0 aliphatic heterocycles. The predicted octanol–water partition coefficient (Wildman–Crippen LogP) is 6.82. The van der Waals surface area contributed by atoms with Crippen LogP contribution >= 0.6 is 43.5 Å². The second-order valence-corrected chi connectivity index (χ2v) is 11.0. The van der Waals surface area contributed by atoms with Crippen LogP contribution in [0.3, 0.4) is 0 Å². The van der Waals surface area contributed by atoms with Crippen LogP contribution in [0.2, 0.25) is 5.15 Å². The van der Waals surface area contributed by atoms with Gasteiger partial charge >= 0.3 is 5.69 Å². The fraction of sp³-hybridized carbons (Fsp3) is 0. The summed E-state index contributed by atoms with van der Waals surface area (Å²) in [5.41, 5.74) is 5.45. The minimum absolute atomic E-state index is 0.311. The molecule has 0 fully saturated rings.